The molecular weight excluding hydrogens is 432 g/mol. The van der Waals surface area contributed by atoms with Gasteiger partial charge in [-0.3, -0.25) is 9.67 Å². The summed E-state index contributed by atoms with van der Waals surface area (Å²) in [5.74, 6) is 0.862. The number of thiazole rings is 1. The lowest BCUT2D eigenvalue weighted by molar-refractivity contribution is 0.101. The van der Waals surface area contributed by atoms with Gasteiger partial charge in [-0.1, -0.05) is 11.3 Å². The first kappa shape index (κ1) is 21.5. The van der Waals surface area contributed by atoms with Crippen LogP contribution in [0.3, 0.4) is 0 Å². The minimum atomic E-state index is -1.25. The lowest BCUT2D eigenvalue weighted by atomic mass is 10.1. The van der Waals surface area contributed by atoms with Gasteiger partial charge in [-0.25, -0.2) is 4.98 Å². The second-order valence-corrected chi connectivity index (χ2v) is 9.51. The number of pyridine rings is 1. The Morgan fingerprint density at radius 3 is 2.71 bits per heavy atom. The number of methoxy groups -OCH3 is 1. The molecule has 0 saturated carbocycles. The van der Waals surface area contributed by atoms with Gasteiger partial charge in [0.1, 0.15) is 15.8 Å². The Morgan fingerprint density at radius 2 is 2.00 bits per heavy atom. The SMILES string of the molecule is COc1c(C)cnc(Cn2ccc(Cc3nnc(C(C)(O)c4nc(C)cs4)s3)n2)c1C. The summed E-state index contributed by atoms with van der Waals surface area (Å²) in [4.78, 5) is 8.94. The first-order valence-corrected chi connectivity index (χ1v) is 11.5. The molecule has 0 bridgehead atoms. The second kappa shape index (κ2) is 8.45. The van der Waals surface area contributed by atoms with Crippen LogP contribution in [-0.4, -0.2) is 42.2 Å². The summed E-state index contributed by atoms with van der Waals surface area (Å²) in [6, 6.07) is 1.96. The zero-order valence-electron chi connectivity index (χ0n) is 18.1. The van der Waals surface area contributed by atoms with Gasteiger partial charge in [0.05, 0.1) is 25.0 Å². The highest BCUT2D eigenvalue weighted by molar-refractivity contribution is 7.12. The van der Waals surface area contributed by atoms with Gasteiger partial charge < -0.3 is 9.84 Å². The third kappa shape index (κ3) is 4.36. The van der Waals surface area contributed by atoms with E-state index in [1.807, 2.05) is 49.3 Å². The third-order valence-electron chi connectivity index (χ3n) is 5.01. The molecule has 31 heavy (non-hydrogen) atoms. The van der Waals surface area contributed by atoms with E-state index in [0.29, 0.717) is 23.0 Å². The second-order valence-electron chi connectivity index (χ2n) is 7.59. The fraction of sp³-hybridized carbons (Fsp3) is 0.381. The molecule has 4 aromatic rings. The first-order valence-electron chi connectivity index (χ1n) is 9.77. The molecule has 1 N–H and O–H groups in total. The molecule has 4 aromatic heterocycles. The maximum Gasteiger partial charge on any atom is 0.166 e. The first-order chi connectivity index (χ1) is 14.8. The molecule has 0 aliphatic carbocycles. The normalized spacial score (nSPS) is 13.4. The fourth-order valence-electron chi connectivity index (χ4n) is 3.32. The standard InChI is InChI=1S/C21H24N6O2S2/c1-12-9-22-16(14(3)18(12)29-5)10-27-7-6-15(26-27)8-17-24-25-20(31-17)21(4,28)19-23-13(2)11-30-19/h6-7,9,11,28H,8,10H2,1-5H3. The van der Waals surface area contributed by atoms with E-state index in [2.05, 4.69) is 25.3 Å². The largest absolute Gasteiger partial charge is 0.496 e. The predicted octanol–water partition coefficient (Wildman–Crippen LogP) is 3.41. The zero-order valence-corrected chi connectivity index (χ0v) is 19.7. The van der Waals surface area contributed by atoms with Crippen molar-refractivity contribution in [2.75, 3.05) is 7.11 Å². The Balaban J connectivity index is 1.48. The average Bonchev–Trinajstić information content (AvgIpc) is 3.47. The van der Waals surface area contributed by atoms with Gasteiger partial charge in [0.2, 0.25) is 0 Å². The van der Waals surface area contributed by atoms with E-state index < -0.39 is 5.60 Å². The van der Waals surface area contributed by atoms with E-state index in [0.717, 1.165) is 39.0 Å². The molecule has 10 heteroatoms. The minimum absolute atomic E-state index is 0.530. The number of nitrogens with zero attached hydrogens (tertiary/aromatic N) is 6. The molecule has 0 radical (unpaired) electrons. The van der Waals surface area contributed by atoms with Gasteiger partial charge >= 0.3 is 0 Å². The molecule has 0 aliphatic heterocycles. The maximum absolute atomic E-state index is 10.9. The highest BCUT2D eigenvalue weighted by Gasteiger charge is 2.33. The number of ether oxygens (including phenoxy) is 1. The van der Waals surface area contributed by atoms with Crippen LogP contribution in [0.5, 0.6) is 5.75 Å². The highest BCUT2D eigenvalue weighted by atomic mass is 32.1. The number of aryl methyl sites for hydroxylation is 2. The Bertz CT molecular complexity index is 1210. The van der Waals surface area contributed by atoms with Crippen molar-refractivity contribution in [1.29, 1.82) is 0 Å². The maximum atomic E-state index is 10.9. The summed E-state index contributed by atoms with van der Waals surface area (Å²) in [5, 5.41) is 27.9. The third-order valence-corrected chi connectivity index (χ3v) is 7.31. The summed E-state index contributed by atoms with van der Waals surface area (Å²) in [7, 11) is 1.68. The summed E-state index contributed by atoms with van der Waals surface area (Å²) >= 11 is 2.80. The van der Waals surface area contributed by atoms with Gasteiger partial charge in [0.25, 0.3) is 0 Å². The van der Waals surface area contributed by atoms with Crippen LogP contribution in [0.15, 0.2) is 23.8 Å². The summed E-state index contributed by atoms with van der Waals surface area (Å²) in [6.45, 7) is 8.16. The lowest BCUT2D eigenvalue weighted by Gasteiger charge is -2.16. The number of aliphatic hydroxyl groups is 1. The van der Waals surface area contributed by atoms with Crippen molar-refractivity contribution in [3.05, 3.63) is 67.1 Å². The molecule has 0 saturated heterocycles. The van der Waals surface area contributed by atoms with Gasteiger partial charge in [-0.05, 0) is 33.8 Å². The molecular formula is C21H24N6O2S2. The smallest absolute Gasteiger partial charge is 0.166 e. The molecule has 162 valence electrons. The van der Waals surface area contributed by atoms with E-state index >= 15 is 0 Å². The van der Waals surface area contributed by atoms with Gasteiger partial charge in [0.15, 0.2) is 10.6 Å². The number of rotatable bonds is 7. The number of hydrogen-bond donors (Lipinski definition) is 1. The van der Waals surface area contributed by atoms with Crippen molar-refractivity contribution in [3.63, 3.8) is 0 Å². The van der Waals surface area contributed by atoms with Gasteiger partial charge in [0, 0.05) is 41.0 Å². The molecule has 4 rings (SSSR count). The molecule has 0 fully saturated rings. The molecule has 0 aliphatic rings. The summed E-state index contributed by atoms with van der Waals surface area (Å²) < 4.78 is 7.35. The van der Waals surface area contributed by atoms with E-state index in [1.54, 1.807) is 14.0 Å². The predicted molar refractivity (Wildman–Crippen MR) is 120 cm³/mol. The van der Waals surface area contributed by atoms with Crippen LogP contribution in [0, 0.1) is 20.8 Å². The number of hydrogen-bond acceptors (Lipinski definition) is 9. The van der Waals surface area contributed by atoms with Crippen molar-refractivity contribution < 1.29 is 9.84 Å². The van der Waals surface area contributed by atoms with E-state index in [-0.39, 0.29) is 0 Å². The molecule has 0 aromatic carbocycles. The van der Waals surface area contributed by atoms with Crippen LogP contribution < -0.4 is 4.74 Å². The summed E-state index contributed by atoms with van der Waals surface area (Å²) in [5.41, 5.74) is 3.47. The van der Waals surface area contributed by atoms with Crippen LogP contribution in [0.25, 0.3) is 0 Å². The number of aromatic nitrogens is 6. The van der Waals surface area contributed by atoms with Crippen molar-refractivity contribution in [2.24, 2.45) is 0 Å². The molecule has 1 atom stereocenters. The molecule has 0 spiro atoms. The van der Waals surface area contributed by atoms with Crippen LogP contribution in [0.2, 0.25) is 0 Å². The van der Waals surface area contributed by atoms with Gasteiger partial charge in [-0.2, -0.15) is 5.10 Å². The average molecular weight is 457 g/mol. The van der Waals surface area contributed by atoms with Crippen LogP contribution in [0.4, 0.5) is 0 Å². The minimum Gasteiger partial charge on any atom is -0.496 e. The molecule has 0 amide bonds. The van der Waals surface area contributed by atoms with Crippen molar-refractivity contribution in [1.82, 2.24) is 29.9 Å². The van der Waals surface area contributed by atoms with Crippen molar-refractivity contribution in [2.45, 2.75) is 46.3 Å². The van der Waals surface area contributed by atoms with E-state index in [4.69, 9.17) is 4.74 Å². The Labute approximate surface area is 188 Å². The monoisotopic (exact) mass is 456 g/mol. The van der Waals surface area contributed by atoms with Gasteiger partial charge in [-0.15, -0.1) is 21.5 Å². The Kier molecular flexibility index (Phi) is 5.87. The highest BCUT2D eigenvalue weighted by Crippen LogP contribution is 2.33. The topological polar surface area (TPSA) is 98.8 Å². The fourth-order valence-corrected chi connectivity index (χ4v) is 5.14. The van der Waals surface area contributed by atoms with E-state index in [1.165, 1.54) is 22.7 Å². The lowest BCUT2D eigenvalue weighted by Crippen LogP contribution is -2.22. The molecule has 1 unspecified atom stereocenters. The molecule has 8 nitrogen and oxygen atoms in total. The van der Waals surface area contributed by atoms with Crippen LogP contribution >= 0.6 is 22.7 Å². The Morgan fingerprint density at radius 1 is 1.19 bits per heavy atom. The molecule has 4 heterocycles. The summed E-state index contributed by atoms with van der Waals surface area (Å²) in [6.07, 6.45) is 4.30. The van der Waals surface area contributed by atoms with E-state index in [9.17, 15) is 5.11 Å². The van der Waals surface area contributed by atoms with Crippen molar-refractivity contribution >= 4 is 22.7 Å². The van der Waals surface area contributed by atoms with Crippen molar-refractivity contribution in [3.8, 4) is 5.75 Å². The van der Waals surface area contributed by atoms with Crippen LogP contribution in [-0.2, 0) is 18.6 Å². The Hall–Kier alpha value is -2.69. The quantitative estimate of drug-likeness (QED) is 0.455. The zero-order chi connectivity index (χ0) is 22.2. The van der Waals surface area contributed by atoms with Crippen LogP contribution in [0.1, 0.15) is 50.2 Å².